The first kappa shape index (κ1) is 33.2. The molecule has 0 fully saturated rings. The maximum atomic E-state index is 13.4. The van der Waals surface area contributed by atoms with Crippen LogP contribution < -0.4 is 40.3 Å². The number of fused-ring (bicyclic) bond motifs is 3. The lowest BCUT2D eigenvalue weighted by molar-refractivity contribution is -0.121. The number of rotatable bonds is 14. The second kappa shape index (κ2) is 15.8. The molecule has 0 saturated heterocycles. The van der Waals surface area contributed by atoms with Crippen LogP contribution in [0.25, 0.3) is 11.1 Å². The van der Waals surface area contributed by atoms with Gasteiger partial charge in [0.15, 0.2) is 11.5 Å². The zero-order chi connectivity index (χ0) is 32.3. The molecule has 0 saturated carbocycles. The Kier molecular flexibility index (Phi) is 11.7. The van der Waals surface area contributed by atoms with Crippen LogP contribution in [0, 0.1) is 0 Å². The molecule has 0 spiro atoms. The van der Waals surface area contributed by atoms with Gasteiger partial charge in [0.1, 0.15) is 5.75 Å². The number of aryl methyl sites for hydroxylation is 1. The highest BCUT2D eigenvalue weighted by Gasteiger charge is 2.29. The molecule has 45 heavy (non-hydrogen) atoms. The first-order valence-corrected chi connectivity index (χ1v) is 15.2. The fraction of sp³-hybridized carbons (Fsp3) is 0.400. The number of methoxy groups -OCH3 is 4. The molecule has 0 bridgehead atoms. The SMILES string of the molecule is COc1ccc(CNC(=O)CCCCCNc2ccc3c(cc2=O)[C@@H](NC(C)=O)CCc2cc(OC)c(OC)c(OC)c2-3)cc1. The molecule has 240 valence electrons. The summed E-state index contributed by atoms with van der Waals surface area (Å²) in [4.78, 5) is 37.9. The van der Waals surface area contributed by atoms with Gasteiger partial charge in [0.2, 0.25) is 23.0 Å². The molecule has 0 heterocycles. The zero-order valence-electron chi connectivity index (χ0n) is 26.7. The Morgan fingerprint density at radius 1 is 0.867 bits per heavy atom. The van der Waals surface area contributed by atoms with Gasteiger partial charge in [0.25, 0.3) is 0 Å². The first-order chi connectivity index (χ1) is 21.8. The van der Waals surface area contributed by atoms with Crippen molar-refractivity contribution < 1.29 is 28.5 Å². The highest BCUT2D eigenvalue weighted by atomic mass is 16.5. The summed E-state index contributed by atoms with van der Waals surface area (Å²) < 4.78 is 22.3. The van der Waals surface area contributed by atoms with E-state index in [-0.39, 0.29) is 23.3 Å². The van der Waals surface area contributed by atoms with Crippen LogP contribution in [0.15, 0.2) is 53.3 Å². The van der Waals surface area contributed by atoms with Gasteiger partial charge in [-0.15, -0.1) is 0 Å². The zero-order valence-corrected chi connectivity index (χ0v) is 26.7. The predicted molar refractivity (Wildman–Crippen MR) is 174 cm³/mol. The summed E-state index contributed by atoms with van der Waals surface area (Å²) in [6.07, 6.45) is 4.05. The van der Waals surface area contributed by atoms with E-state index >= 15 is 0 Å². The molecular weight excluding hydrogens is 574 g/mol. The van der Waals surface area contributed by atoms with E-state index in [4.69, 9.17) is 18.9 Å². The van der Waals surface area contributed by atoms with Crippen molar-refractivity contribution in [1.82, 2.24) is 10.6 Å². The van der Waals surface area contributed by atoms with E-state index in [1.54, 1.807) is 40.6 Å². The lowest BCUT2D eigenvalue weighted by atomic mass is 9.95. The van der Waals surface area contributed by atoms with Gasteiger partial charge in [-0.3, -0.25) is 14.4 Å². The van der Waals surface area contributed by atoms with Crippen molar-refractivity contribution in [2.45, 2.75) is 58.0 Å². The van der Waals surface area contributed by atoms with E-state index in [2.05, 4.69) is 16.0 Å². The number of carbonyl (C=O) groups excluding carboxylic acids is 2. The highest BCUT2D eigenvalue weighted by Crippen LogP contribution is 2.50. The fourth-order valence-electron chi connectivity index (χ4n) is 5.70. The number of unbranched alkanes of at least 4 members (excludes halogenated alkanes) is 2. The summed E-state index contributed by atoms with van der Waals surface area (Å²) in [6.45, 7) is 2.53. The van der Waals surface area contributed by atoms with Gasteiger partial charge in [0.05, 0.1) is 40.2 Å². The molecule has 4 rings (SSSR count). The maximum absolute atomic E-state index is 13.4. The molecule has 3 aromatic rings. The average molecular weight is 618 g/mol. The summed E-state index contributed by atoms with van der Waals surface area (Å²) in [6, 6.07) is 14.5. The first-order valence-electron chi connectivity index (χ1n) is 15.2. The van der Waals surface area contributed by atoms with Crippen molar-refractivity contribution in [3.05, 3.63) is 75.4 Å². The topological polar surface area (TPSA) is 124 Å². The molecule has 0 unspecified atom stereocenters. The fourth-order valence-corrected chi connectivity index (χ4v) is 5.70. The normalized spacial score (nSPS) is 13.4. The quantitative estimate of drug-likeness (QED) is 0.212. The van der Waals surface area contributed by atoms with E-state index in [0.717, 1.165) is 47.3 Å². The van der Waals surface area contributed by atoms with Gasteiger partial charge in [-0.05, 0) is 78.3 Å². The van der Waals surface area contributed by atoms with E-state index in [9.17, 15) is 14.4 Å². The third kappa shape index (κ3) is 8.26. The van der Waals surface area contributed by atoms with E-state index in [0.29, 0.717) is 60.9 Å². The van der Waals surface area contributed by atoms with Crippen molar-refractivity contribution in [3.63, 3.8) is 0 Å². The van der Waals surface area contributed by atoms with Crippen LogP contribution in [0.3, 0.4) is 0 Å². The Morgan fingerprint density at radius 3 is 2.29 bits per heavy atom. The molecular formula is C35H43N3O7. The molecule has 1 atom stereocenters. The Morgan fingerprint density at radius 2 is 1.62 bits per heavy atom. The number of anilines is 1. The van der Waals surface area contributed by atoms with Gasteiger partial charge in [0, 0.05) is 32.0 Å². The third-order valence-corrected chi connectivity index (χ3v) is 7.96. The summed E-state index contributed by atoms with van der Waals surface area (Å²) in [5.41, 5.74) is 4.58. The summed E-state index contributed by atoms with van der Waals surface area (Å²) in [5.74, 6) is 2.14. The van der Waals surface area contributed by atoms with Crippen LogP contribution in [0.5, 0.6) is 23.0 Å². The number of benzene rings is 2. The van der Waals surface area contributed by atoms with Gasteiger partial charge >= 0.3 is 0 Å². The van der Waals surface area contributed by atoms with Gasteiger partial charge in [-0.1, -0.05) is 24.6 Å². The summed E-state index contributed by atoms with van der Waals surface area (Å²) in [5, 5.41) is 9.26. The number of nitrogens with one attached hydrogen (secondary N) is 3. The average Bonchev–Trinajstić information content (AvgIpc) is 3.29. The van der Waals surface area contributed by atoms with E-state index < -0.39 is 0 Å². The van der Waals surface area contributed by atoms with E-state index in [1.807, 2.05) is 36.4 Å². The van der Waals surface area contributed by atoms with Crippen LogP contribution in [0.4, 0.5) is 5.69 Å². The smallest absolute Gasteiger partial charge is 0.220 e. The van der Waals surface area contributed by atoms with Crippen LogP contribution in [-0.4, -0.2) is 46.8 Å². The molecule has 0 aromatic heterocycles. The number of amides is 2. The summed E-state index contributed by atoms with van der Waals surface area (Å²) in [7, 11) is 6.33. The van der Waals surface area contributed by atoms with E-state index in [1.165, 1.54) is 6.92 Å². The van der Waals surface area contributed by atoms with Gasteiger partial charge in [-0.2, -0.15) is 0 Å². The molecule has 3 aromatic carbocycles. The summed E-state index contributed by atoms with van der Waals surface area (Å²) >= 11 is 0. The molecule has 1 aliphatic carbocycles. The Hall–Kier alpha value is -4.73. The van der Waals surface area contributed by atoms with Crippen molar-refractivity contribution in [3.8, 4) is 34.1 Å². The monoisotopic (exact) mass is 617 g/mol. The van der Waals surface area contributed by atoms with Gasteiger partial charge in [-0.25, -0.2) is 0 Å². The Bertz CT molecular complexity index is 1560. The van der Waals surface area contributed by atoms with Crippen LogP contribution in [0.1, 0.15) is 61.8 Å². The number of hydrogen-bond acceptors (Lipinski definition) is 8. The lowest BCUT2D eigenvalue weighted by Crippen LogP contribution is -2.26. The highest BCUT2D eigenvalue weighted by molar-refractivity contribution is 5.83. The third-order valence-electron chi connectivity index (χ3n) is 7.96. The van der Waals surface area contributed by atoms with Crippen LogP contribution in [-0.2, 0) is 22.6 Å². The molecule has 0 aliphatic heterocycles. The largest absolute Gasteiger partial charge is 0.497 e. The number of carbonyl (C=O) groups is 2. The van der Waals surface area contributed by atoms with Crippen LogP contribution in [0.2, 0.25) is 0 Å². The minimum Gasteiger partial charge on any atom is -0.497 e. The standard InChI is InChI=1S/C35H43N3O7/c1-22(39)38-28-16-12-24-19-31(43-3)34(44-4)35(45-5)33(24)26-15-17-29(30(40)20-27(26)28)36-18-8-6-7-9-32(41)37-21-23-10-13-25(42-2)14-11-23/h10-11,13-15,17,19-20,28H,6-9,12,16,18,21H2,1-5H3,(H,36,40)(H,37,41)(H,38,39)/t28-/m0/s1. The second-order valence-electron chi connectivity index (χ2n) is 11.0. The number of hydrogen-bond donors (Lipinski definition) is 3. The second-order valence-corrected chi connectivity index (χ2v) is 11.0. The molecule has 2 amide bonds. The molecule has 3 N–H and O–H groups in total. The Labute approximate surface area is 264 Å². The molecule has 10 heteroatoms. The van der Waals surface area contributed by atoms with Gasteiger partial charge < -0.3 is 34.9 Å². The number of ether oxygens (including phenoxy) is 4. The Balaban J connectivity index is 1.44. The minimum absolute atomic E-state index is 0.0101. The maximum Gasteiger partial charge on any atom is 0.220 e. The van der Waals surface area contributed by atoms with Crippen molar-refractivity contribution >= 4 is 17.5 Å². The van der Waals surface area contributed by atoms with Crippen LogP contribution >= 0.6 is 0 Å². The predicted octanol–water partition coefficient (Wildman–Crippen LogP) is 5.16. The molecule has 1 aliphatic rings. The van der Waals surface area contributed by atoms with Crippen molar-refractivity contribution in [1.29, 1.82) is 0 Å². The minimum atomic E-state index is -0.365. The molecule has 10 nitrogen and oxygen atoms in total. The van der Waals surface area contributed by atoms with Crippen molar-refractivity contribution in [2.24, 2.45) is 0 Å². The lowest BCUT2D eigenvalue weighted by Gasteiger charge is -2.19. The molecule has 0 radical (unpaired) electrons. The van der Waals surface area contributed by atoms with Crippen molar-refractivity contribution in [2.75, 3.05) is 40.3 Å².